The van der Waals surface area contributed by atoms with Gasteiger partial charge in [0, 0.05) is 40.3 Å². The first kappa shape index (κ1) is 24.9. The van der Waals surface area contributed by atoms with Gasteiger partial charge in [-0.1, -0.05) is 19.1 Å². The van der Waals surface area contributed by atoms with Gasteiger partial charge in [-0.2, -0.15) is 0 Å². The van der Waals surface area contributed by atoms with Crippen molar-refractivity contribution < 1.29 is 14.3 Å². The highest BCUT2D eigenvalue weighted by molar-refractivity contribution is 5.84. The number of rotatable bonds is 11. The molecule has 1 aliphatic heterocycles. The lowest BCUT2D eigenvalue weighted by atomic mass is 10.0. The topological polar surface area (TPSA) is 78.4 Å². The Morgan fingerprint density at radius 2 is 1.94 bits per heavy atom. The molecule has 1 amide bonds. The summed E-state index contributed by atoms with van der Waals surface area (Å²) >= 11 is 0. The number of methoxy groups -OCH3 is 1. The first-order valence-electron chi connectivity index (χ1n) is 11.1. The van der Waals surface area contributed by atoms with Crippen LogP contribution in [0.3, 0.4) is 0 Å². The molecule has 1 fully saturated rings. The van der Waals surface area contributed by atoms with Crippen molar-refractivity contribution in [3.8, 4) is 5.75 Å². The Balaban J connectivity index is 1.80. The van der Waals surface area contributed by atoms with Gasteiger partial charge in [-0.25, -0.2) is 4.99 Å². The molecule has 1 aromatic carbocycles. The maximum absolute atomic E-state index is 11.9. The van der Waals surface area contributed by atoms with E-state index in [0.29, 0.717) is 11.9 Å². The Kier molecular flexibility index (Phi) is 11.2. The minimum atomic E-state index is -0.0132. The molecule has 1 aromatic rings. The number of aliphatic imine (C=N–C) groups is 1. The van der Waals surface area contributed by atoms with E-state index in [1.165, 1.54) is 5.56 Å². The number of benzene rings is 1. The zero-order chi connectivity index (χ0) is 22.5. The van der Waals surface area contributed by atoms with Crippen LogP contribution < -0.4 is 15.4 Å². The molecule has 1 unspecified atom stereocenters. The molecule has 1 saturated heterocycles. The average molecular weight is 434 g/mol. The summed E-state index contributed by atoms with van der Waals surface area (Å²) in [5.41, 5.74) is 1.27. The number of ether oxygens (including phenoxy) is 2. The minimum absolute atomic E-state index is 0.0132. The van der Waals surface area contributed by atoms with E-state index in [2.05, 4.69) is 39.6 Å². The third-order valence-electron chi connectivity index (χ3n) is 5.28. The first-order valence-corrected chi connectivity index (χ1v) is 11.1. The number of guanidine groups is 1. The van der Waals surface area contributed by atoms with Crippen molar-refractivity contribution in [1.29, 1.82) is 0 Å². The van der Waals surface area contributed by atoms with Crippen LogP contribution in [0, 0.1) is 5.92 Å². The molecule has 2 N–H and O–H groups in total. The fourth-order valence-electron chi connectivity index (χ4n) is 3.30. The van der Waals surface area contributed by atoms with Crippen LogP contribution in [0.5, 0.6) is 5.75 Å². The van der Waals surface area contributed by atoms with Crippen molar-refractivity contribution in [2.24, 2.45) is 10.9 Å². The molecule has 0 radical (unpaired) electrons. The monoisotopic (exact) mass is 433 g/mol. The van der Waals surface area contributed by atoms with Crippen molar-refractivity contribution in [1.82, 2.24) is 20.4 Å². The van der Waals surface area contributed by atoms with Crippen LogP contribution in [0.2, 0.25) is 0 Å². The first-order chi connectivity index (χ1) is 15.0. The van der Waals surface area contributed by atoms with Crippen LogP contribution >= 0.6 is 0 Å². The Morgan fingerprint density at radius 3 is 2.58 bits per heavy atom. The maximum Gasteiger partial charge on any atom is 0.243 e. The normalized spacial score (nSPS) is 15.9. The van der Waals surface area contributed by atoms with E-state index in [0.717, 1.165) is 64.5 Å². The number of nitrogens with zero attached hydrogens (tertiary/aromatic N) is 3. The average Bonchev–Trinajstić information content (AvgIpc) is 2.78. The molecule has 8 heteroatoms. The van der Waals surface area contributed by atoms with E-state index in [9.17, 15) is 4.79 Å². The highest BCUT2D eigenvalue weighted by Crippen LogP contribution is 2.14. The summed E-state index contributed by atoms with van der Waals surface area (Å²) in [6.45, 7) is 8.61. The maximum atomic E-state index is 11.9. The highest BCUT2D eigenvalue weighted by Gasteiger charge is 2.11. The summed E-state index contributed by atoms with van der Waals surface area (Å²) in [5, 5.41) is 6.79. The number of carbonyl (C=O) groups excluding carboxylic acids is 1. The molecule has 1 aliphatic rings. The van der Waals surface area contributed by atoms with E-state index in [1.807, 2.05) is 12.1 Å². The summed E-state index contributed by atoms with van der Waals surface area (Å²) in [6.07, 6.45) is 1.97. The second kappa shape index (κ2) is 13.9. The van der Waals surface area contributed by atoms with Gasteiger partial charge >= 0.3 is 0 Å². The van der Waals surface area contributed by atoms with Gasteiger partial charge in [-0.05, 0) is 43.0 Å². The third kappa shape index (κ3) is 10.0. The second-order valence-corrected chi connectivity index (χ2v) is 8.23. The molecule has 0 aromatic heterocycles. The number of nitrogens with one attached hydrogen (secondary N) is 2. The lowest BCUT2D eigenvalue weighted by Crippen LogP contribution is -2.42. The van der Waals surface area contributed by atoms with E-state index in [-0.39, 0.29) is 12.5 Å². The zero-order valence-corrected chi connectivity index (χ0v) is 19.5. The van der Waals surface area contributed by atoms with E-state index >= 15 is 0 Å². The minimum Gasteiger partial charge on any atom is -0.497 e. The van der Waals surface area contributed by atoms with E-state index in [1.54, 1.807) is 26.1 Å². The molecule has 0 bridgehead atoms. The van der Waals surface area contributed by atoms with Crippen LogP contribution in [-0.2, 0) is 16.0 Å². The molecule has 0 spiro atoms. The van der Waals surface area contributed by atoms with Gasteiger partial charge < -0.3 is 25.0 Å². The van der Waals surface area contributed by atoms with Gasteiger partial charge in [0.1, 0.15) is 12.3 Å². The van der Waals surface area contributed by atoms with Gasteiger partial charge in [0.15, 0.2) is 5.96 Å². The molecular formula is C23H39N5O3. The Hall–Kier alpha value is -2.32. The molecule has 8 nitrogen and oxygen atoms in total. The van der Waals surface area contributed by atoms with Crippen LogP contribution in [0.15, 0.2) is 29.3 Å². The lowest BCUT2D eigenvalue weighted by molar-refractivity contribution is -0.127. The summed E-state index contributed by atoms with van der Waals surface area (Å²) in [6, 6.07) is 8.18. The van der Waals surface area contributed by atoms with Crippen LogP contribution in [-0.4, -0.2) is 95.4 Å². The Morgan fingerprint density at radius 1 is 1.23 bits per heavy atom. The van der Waals surface area contributed by atoms with Crippen molar-refractivity contribution in [2.45, 2.75) is 19.8 Å². The molecule has 1 atom stereocenters. The van der Waals surface area contributed by atoms with Crippen molar-refractivity contribution in [3.05, 3.63) is 29.8 Å². The lowest BCUT2D eigenvalue weighted by Gasteiger charge is -2.26. The predicted octanol–water partition coefficient (Wildman–Crippen LogP) is 1.22. The van der Waals surface area contributed by atoms with Crippen LogP contribution in [0.25, 0.3) is 0 Å². The number of morpholine rings is 1. The highest BCUT2D eigenvalue weighted by atomic mass is 16.5. The third-order valence-corrected chi connectivity index (χ3v) is 5.28. The quantitative estimate of drug-likeness (QED) is 0.310. The summed E-state index contributed by atoms with van der Waals surface area (Å²) in [7, 11) is 5.17. The van der Waals surface area contributed by atoms with Crippen molar-refractivity contribution >= 4 is 11.9 Å². The van der Waals surface area contributed by atoms with Crippen LogP contribution in [0.1, 0.15) is 18.9 Å². The molecule has 31 heavy (non-hydrogen) atoms. The smallest absolute Gasteiger partial charge is 0.243 e. The molecule has 1 heterocycles. The summed E-state index contributed by atoms with van der Waals surface area (Å²) < 4.78 is 10.6. The molecule has 2 rings (SSSR count). The van der Waals surface area contributed by atoms with Crippen molar-refractivity contribution in [2.75, 3.05) is 73.7 Å². The Labute approximate surface area is 187 Å². The number of likely N-dealkylation sites (N-methyl/N-ethyl adjacent to an activating group) is 1. The zero-order valence-electron chi connectivity index (χ0n) is 19.5. The van der Waals surface area contributed by atoms with Gasteiger partial charge in [0.25, 0.3) is 0 Å². The SMILES string of the molecule is COc1ccc(CC(C)CNC(=NCC(=O)N(C)C)NCCCN2CCOCC2)cc1. The van der Waals surface area contributed by atoms with Gasteiger partial charge in [-0.3, -0.25) is 9.69 Å². The largest absolute Gasteiger partial charge is 0.497 e. The fourth-order valence-corrected chi connectivity index (χ4v) is 3.30. The fraction of sp³-hybridized carbons (Fsp3) is 0.652. The molecule has 0 aliphatic carbocycles. The second-order valence-electron chi connectivity index (χ2n) is 8.23. The molecular weight excluding hydrogens is 394 g/mol. The van der Waals surface area contributed by atoms with Crippen LogP contribution in [0.4, 0.5) is 0 Å². The predicted molar refractivity (Wildman–Crippen MR) is 125 cm³/mol. The number of carbonyl (C=O) groups is 1. The summed E-state index contributed by atoms with van der Waals surface area (Å²) in [5.74, 6) is 1.97. The summed E-state index contributed by atoms with van der Waals surface area (Å²) in [4.78, 5) is 20.4. The number of hydrogen-bond donors (Lipinski definition) is 2. The van der Waals surface area contributed by atoms with Gasteiger partial charge in [0.05, 0.1) is 20.3 Å². The van der Waals surface area contributed by atoms with E-state index < -0.39 is 0 Å². The van der Waals surface area contributed by atoms with Gasteiger partial charge in [0.2, 0.25) is 5.91 Å². The number of hydrogen-bond acceptors (Lipinski definition) is 5. The molecule has 174 valence electrons. The van der Waals surface area contributed by atoms with Crippen molar-refractivity contribution in [3.63, 3.8) is 0 Å². The molecule has 0 saturated carbocycles. The van der Waals surface area contributed by atoms with Gasteiger partial charge in [-0.15, -0.1) is 0 Å². The Bertz CT molecular complexity index is 672. The van der Waals surface area contributed by atoms with E-state index in [4.69, 9.17) is 9.47 Å². The standard InChI is InChI=1S/C23H39N5O3/c1-19(16-20-6-8-21(30-4)9-7-20)17-25-23(26-18-22(29)27(2)3)24-10-5-11-28-12-14-31-15-13-28/h6-9,19H,5,10-18H2,1-4H3,(H2,24,25,26). The number of amides is 1.